The van der Waals surface area contributed by atoms with E-state index in [4.69, 9.17) is 27.7 Å². The summed E-state index contributed by atoms with van der Waals surface area (Å²) >= 11 is 12.0. The molecule has 0 fully saturated rings. The van der Waals surface area contributed by atoms with Gasteiger partial charge < -0.3 is 14.8 Å². The van der Waals surface area contributed by atoms with Crippen molar-refractivity contribution in [1.82, 2.24) is 15.1 Å². The Kier molecular flexibility index (Phi) is 5.70. The predicted octanol–water partition coefficient (Wildman–Crippen LogP) is 5.99. The summed E-state index contributed by atoms with van der Waals surface area (Å²) in [5, 5.41) is 7.59. The van der Waals surface area contributed by atoms with E-state index in [1.807, 2.05) is 36.4 Å². The zero-order chi connectivity index (χ0) is 21.1. The van der Waals surface area contributed by atoms with Crippen molar-refractivity contribution >= 4 is 64.1 Å². The van der Waals surface area contributed by atoms with Crippen molar-refractivity contribution < 1.29 is 9.32 Å². The van der Waals surface area contributed by atoms with Crippen LogP contribution in [0.15, 0.2) is 53.1 Å². The second-order valence-electron chi connectivity index (χ2n) is 6.48. The number of amides is 1. The Balaban J connectivity index is 1.49. The molecule has 0 saturated heterocycles. The van der Waals surface area contributed by atoms with Crippen molar-refractivity contribution in [3.05, 3.63) is 81.4 Å². The van der Waals surface area contributed by atoms with Crippen LogP contribution in [0.25, 0.3) is 29.3 Å². The summed E-state index contributed by atoms with van der Waals surface area (Å²) in [6, 6.07) is 13.1. The molecule has 0 radical (unpaired) electrons. The highest BCUT2D eigenvalue weighted by atomic mass is 35.5. The third-order valence-electron chi connectivity index (χ3n) is 4.30. The highest BCUT2D eigenvalue weighted by Gasteiger charge is 2.13. The Hall–Kier alpha value is -3.35. The van der Waals surface area contributed by atoms with Crippen molar-refractivity contribution in [1.29, 1.82) is 0 Å². The number of hydrogen-bond donors (Lipinski definition) is 2. The number of rotatable bonds is 5. The molecule has 2 aromatic heterocycles. The summed E-state index contributed by atoms with van der Waals surface area (Å²) in [6.07, 6.45) is 6.59. The lowest BCUT2D eigenvalue weighted by Crippen LogP contribution is -2.09. The Morgan fingerprint density at radius 1 is 1.10 bits per heavy atom. The molecule has 2 N–H and O–H groups in total. The van der Waals surface area contributed by atoms with Gasteiger partial charge in [-0.2, -0.15) is 0 Å². The highest BCUT2D eigenvalue weighted by molar-refractivity contribution is 6.42. The first-order valence-corrected chi connectivity index (χ1v) is 9.78. The van der Waals surface area contributed by atoms with Gasteiger partial charge in [-0.15, -0.1) is 0 Å². The number of aryl methyl sites for hydroxylation is 1. The van der Waals surface area contributed by atoms with E-state index in [2.05, 4.69) is 20.4 Å². The van der Waals surface area contributed by atoms with Gasteiger partial charge in [-0.1, -0.05) is 64.8 Å². The van der Waals surface area contributed by atoms with E-state index in [0.717, 1.165) is 11.1 Å². The quantitative estimate of drug-likeness (QED) is 0.374. The van der Waals surface area contributed by atoms with Crippen LogP contribution in [0.2, 0.25) is 10.0 Å². The van der Waals surface area contributed by atoms with Gasteiger partial charge in [-0.25, -0.2) is 4.98 Å². The van der Waals surface area contributed by atoms with E-state index < -0.39 is 0 Å². The van der Waals surface area contributed by atoms with Crippen LogP contribution in [-0.2, 0) is 4.79 Å². The number of fused-ring (bicyclic) bond motifs is 1. The first-order chi connectivity index (χ1) is 14.5. The Bertz CT molecular complexity index is 1230. The van der Waals surface area contributed by atoms with E-state index in [9.17, 15) is 4.79 Å². The van der Waals surface area contributed by atoms with E-state index in [-0.39, 0.29) is 5.91 Å². The van der Waals surface area contributed by atoms with E-state index in [1.165, 1.54) is 6.08 Å². The van der Waals surface area contributed by atoms with Crippen LogP contribution in [0.5, 0.6) is 0 Å². The first-order valence-electron chi connectivity index (χ1n) is 9.03. The second kappa shape index (κ2) is 8.57. The van der Waals surface area contributed by atoms with Crippen molar-refractivity contribution in [2.24, 2.45) is 0 Å². The first kappa shape index (κ1) is 19.9. The number of nitrogens with one attached hydrogen (secondary N) is 2. The largest absolute Gasteiger partial charge is 0.354 e. The van der Waals surface area contributed by atoms with Gasteiger partial charge in [0, 0.05) is 6.08 Å². The van der Waals surface area contributed by atoms with Crippen LogP contribution in [0, 0.1) is 6.92 Å². The topological polar surface area (TPSA) is 83.8 Å². The second-order valence-corrected chi connectivity index (χ2v) is 7.29. The van der Waals surface area contributed by atoms with Gasteiger partial charge >= 0.3 is 0 Å². The average Bonchev–Trinajstić information content (AvgIpc) is 3.29. The van der Waals surface area contributed by atoms with Gasteiger partial charge in [0.2, 0.25) is 5.91 Å². The van der Waals surface area contributed by atoms with Crippen LogP contribution in [0.3, 0.4) is 0 Å². The molecule has 0 aliphatic carbocycles. The molecule has 0 bridgehead atoms. The predicted molar refractivity (Wildman–Crippen MR) is 120 cm³/mol. The van der Waals surface area contributed by atoms with Crippen molar-refractivity contribution in [2.45, 2.75) is 6.92 Å². The number of carbonyl (C=O) groups excluding carboxylic acids is 1. The molecule has 4 rings (SSSR count). The number of anilines is 1. The zero-order valence-electron chi connectivity index (χ0n) is 15.8. The summed E-state index contributed by atoms with van der Waals surface area (Å²) < 4.78 is 5.32. The molecule has 150 valence electrons. The minimum Gasteiger partial charge on any atom is -0.354 e. The molecule has 4 aromatic rings. The number of nitrogens with zero attached hydrogens (tertiary/aromatic N) is 2. The number of aromatic amines is 1. The number of H-pyrrole nitrogens is 1. The molecule has 0 aliphatic heterocycles. The van der Waals surface area contributed by atoms with E-state index in [1.54, 1.807) is 31.2 Å². The van der Waals surface area contributed by atoms with Crippen molar-refractivity contribution in [2.75, 3.05) is 5.32 Å². The zero-order valence-corrected chi connectivity index (χ0v) is 17.3. The van der Waals surface area contributed by atoms with Gasteiger partial charge in [0.25, 0.3) is 0 Å². The average molecular weight is 439 g/mol. The van der Waals surface area contributed by atoms with Gasteiger partial charge in [-0.05, 0) is 36.8 Å². The lowest BCUT2D eigenvalue weighted by atomic mass is 10.2. The maximum Gasteiger partial charge on any atom is 0.248 e. The normalized spacial score (nSPS) is 11.7. The van der Waals surface area contributed by atoms with E-state index in [0.29, 0.717) is 38.5 Å². The summed E-state index contributed by atoms with van der Waals surface area (Å²) in [6.45, 7) is 1.76. The number of benzene rings is 2. The molecule has 0 spiro atoms. The highest BCUT2D eigenvalue weighted by Crippen LogP contribution is 2.27. The maximum atomic E-state index is 12.4. The monoisotopic (exact) mass is 438 g/mol. The molecule has 2 heterocycles. The summed E-state index contributed by atoms with van der Waals surface area (Å²) in [5.74, 6) is 0.628. The molecule has 6 nitrogen and oxygen atoms in total. The smallest absolute Gasteiger partial charge is 0.248 e. The number of halogens is 2. The molecule has 2 aromatic carbocycles. The number of imidazole rings is 1. The minimum absolute atomic E-state index is 0.341. The maximum absolute atomic E-state index is 12.4. The van der Waals surface area contributed by atoms with Crippen LogP contribution in [0.1, 0.15) is 22.8 Å². The molecule has 8 heteroatoms. The summed E-state index contributed by atoms with van der Waals surface area (Å²) in [5.41, 5.74) is 3.49. The van der Waals surface area contributed by atoms with Crippen LogP contribution in [-0.4, -0.2) is 21.0 Å². The third kappa shape index (κ3) is 4.45. The molecular formula is C22H16Cl2N4O2. The standard InChI is InChI=1S/C22H16Cl2N4O2/c1-13-22(19(30-28-13)8-7-14-5-3-2-4-6-14)27-21(29)10-9-20-25-17-11-15(23)16(24)12-18(17)26-20/h2-12H,1H3,(H,25,26)(H,27,29)/b8-7+,10-9+. The SMILES string of the molecule is Cc1noc(/C=C/c2ccccc2)c1NC(=O)/C=C/c1nc2cc(Cl)c(Cl)cc2[nH]1. The van der Waals surface area contributed by atoms with Crippen molar-refractivity contribution in [3.63, 3.8) is 0 Å². The molecule has 0 aliphatic rings. The Morgan fingerprint density at radius 3 is 2.67 bits per heavy atom. The van der Waals surface area contributed by atoms with Gasteiger partial charge in [0.15, 0.2) is 5.76 Å². The number of carbonyl (C=O) groups is 1. The molecule has 0 saturated carbocycles. The third-order valence-corrected chi connectivity index (χ3v) is 5.02. The number of aromatic nitrogens is 3. The summed E-state index contributed by atoms with van der Waals surface area (Å²) in [4.78, 5) is 19.9. The fraction of sp³-hybridized carbons (Fsp3) is 0.0455. The van der Waals surface area contributed by atoms with Crippen LogP contribution < -0.4 is 5.32 Å². The molecule has 0 atom stereocenters. The van der Waals surface area contributed by atoms with E-state index >= 15 is 0 Å². The number of hydrogen-bond acceptors (Lipinski definition) is 4. The van der Waals surface area contributed by atoms with Gasteiger partial charge in [0.1, 0.15) is 17.2 Å². The van der Waals surface area contributed by atoms with Gasteiger partial charge in [0.05, 0.1) is 21.1 Å². The fourth-order valence-electron chi connectivity index (χ4n) is 2.81. The van der Waals surface area contributed by atoms with Crippen molar-refractivity contribution in [3.8, 4) is 0 Å². The molecular weight excluding hydrogens is 423 g/mol. The van der Waals surface area contributed by atoms with Crippen LogP contribution in [0.4, 0.5) is 5.69 Å². The fourth-order valence-corrected chi connectivity index (χ4v) is 3.13. The lowest BCUT2D eigenvalue weighted by Gasteiger charge is -2.00. The van der Waals surface area contributed by atoms with Gasteiger partial charge in [-0.3, -0.25) is 4.79 Å². The molecule has 1 amide bonds. The molecule has 0 unspecified atom stereocenters. The molecule has 30 heavy (non-hydrogen) atoms. The Morgan fingerprint density at radius 2 is 1.87 bits per heavy atom. The Labute approximate surface area is 182 Å². The van der Waals surface area contributed by atoms with Crippen LogP contribution >= 0.6 is 23.2 Å². The minimum atomic E-state index is -0.341. The summed E-state index contributed by atoms with van der Waals surface area (Å²) in [7, 11) is 0. The lowest BCUT2D eigenvalue weighted by molar-refractivity contribution is -0.111.